The van der Waals surface area contributed by atoms with Crippen molar-refractivity contribution < 1.29 is 14.6 Å². The number of aliphatic hydroxyl groups is 1. The molecule has 1 rings (SSSR count). The van der Waals surface area contributed by atoms with Crippen molar-refractivity contribution in [1.29, 1.82) is 0 Å². The van der Waals surface area contributed by atoms with Gasteiger partial charge in [0.25, 0.3) is 0 Å². The topological polar surface area (TPSA) is 51.6 Å². The van der Waals surface area contributed by atoms with Gasteiger partial charge < -0.3 is 14.6 Å². The summed E-state index contributed by atoms with van der Waals surface area (Å²) in [6.07, 6.45) is 3.85. The molecule has 0 saturated heterocycles. The smallest absolute Gasteiger partial charge is 0.213 e. The number of aliphatic hydroxyl groups excluding tert-OH is 1. The second-order valence-electron chi connectivity index (χ2n) is 3.47. The average Bonchev–Trinajstić information content (AvgIpc) is 2.34. The van der Waals surface area contributed by atoms with Gasteiger partial charge in [-0.05, 0) is 18.1 Å². The predicted molar refractivity (Wildman–Crippen MR) is 61.4 cm³/mol. The van der Waals surface area contributed by atoms with Crippen molar-refractivity contribution in [3.05, 3.63) is 23.9 Å². The quantitative estimate of drug-likeness (QED) is 0.685. The Balaban J connectivity index is 2.16. The molecular weight excluding hydrogens is 206 g/mol. The molecule has 16 heavy (non-hydrogen) atoms. The van der Waals surface area contributed by atoms with E-state index in [2.05, 4.69) is 11.9 Å². The summed E-state index contributed by atoms with van der Waals surface area (Å²) in [6, 6.07) is 3.48. The summed E-state index contributed by atoms with van der Waals surface area (Å²) in [5.41, 5.74) is 0.803. The van der Waals surface area contributed by atoms with Crippen LogP contribution in [-0.2, 0) is 11.3 Å². The van der Waals surface area contributed by atoms with Crippen LogP contribution in [0.1, 0.15) is 25.3 Å². The van der Waals surface area contributed by atoms with Crippen LogP contribution >= 0.6 is 0 Å². The van der Waals surface area contributed by atoms with Crippen LogP contribution in [0, 0.1) is 0 Å². The largest absolute Gasteiger partial charge is 0.475 e. The monoisotopic (exact) mass is 225 g/mol. The van der Waals surface area contributed by atoms with E-state index in [1.165, 1.54) is 0 Å². The van der Waals surface area contributed by atoms with E-state index >= 15 is 0 Å². The van der Waals surface area contributed by atoms with E-state index in [9.17, 15) is 0 Å². The molecule has 0 amide bonds. The fourth-order valence-corrected chi connectivity index (χ4v) is 1.18. The average molecular weight is 225 g/mol. The molecule has 1 heterocycles. The van der Waals surface area contributed by atoms with E-state index in [1.54, 1.807) is 18.3 Å². The molecule has 1 aromatic heterocycles. The van der Waals surface area contributed by atoms with Gasteiger partial charge in [-0.1, -0.05) is 13.3 Å². The number of nitrogens with zero attached hydrogens (tertiary/aromatic N) is 1. The molecule has 0 fully saturated rings. The molecule has 0 aromatic carbocycles. The van der Waals surface area contributed by atoms with Gasteiger partial charge in [0.05, 0.1) is 13.2 Å². The van der Waals surface area contributed by atoms with Crippen LogP contribution in [-0.4, -0.2) is 29.9 Å². The summed E-state index contributed by atoms with van der Waals surface area (Å²) in [7, 11) is 0. The fraction of sp³-hybridized carbons (Fsp3) is 0.583. The third kappa shape index (κ3) is 5.09. The van der Waals surface area contributed by atoms with Crippen molar-refractivity contribution in [1.82, 2.24) is 4.98 Å². The molecule has 0 atom stereocenters. The highest BCUT2D eigenvalue weighted by molar-refractivity contribution is 5.19. The Bertz CT molecular complexity index is 291. The molecule has 0 bridgehead atoms. The first-order valence-corrected chi connectivity index (χ1v) is 5.63. The van der Waals surface area contributed by atoms with Gasteiger partial charge in [0.2, 0.25) is 5.88 Å². The highest BCUT2D eigenvalue weighted by Gasteiger charge is 1.97. The highest BCUT2D eigenvalue weighted by Crippen LogP contribution is 2.08. The van der Waals surface area contributed by atoms with Gasteiger partial charge in [-0.2, -0.15) is 0 Å². The van der Waals surface area contributed by atoms with E-state index in [0.717, 1.165) is 25.0 Å². The molecule has 0 unspecified atom stereocenters. The Morgan fingerprint density at radius 1 is 1.31 bits per heavy atom. The maximum absolute atomic E-state index is 8.92. The normalized spacial score (nSPS) is 10.4. The van der Waals surface area contributed by atoms with Gasteiger partial charge in [0, 0.05) is 18.9 Å². The number of unbranched alkanes of at least 4 members (excludes halogenated alkanes) is 1. The maximum Gasteiger partial charge on any atom is 0.213 e. The first kappa shape index (κ1) is 12.9. The van der Waals surface area contributed by atoms with Crippen LogP contribution < -0.4 is 4.74 Å². The van der Waals surface area contributed by atoms with Crippen LogP contribution in [0.2, 0.25) is 0 Å². The summed E-state index contributed by atoms with van der Waals surface area (Å²) in [5.74, 6) is 0.533. The van der Waals surface area contributed by atoms with Crippen molar-refractivity contribution in [3.8, 4) is 5.88 Å². The lowest BCUT2D eigenvalue weighted by Crippen LogP contribution is -2.08. The molecule has 0 aliphatic rings. The molecule has 0 aliphatic heterocycles. The highest BCUT2D eigenvalue weighted by atomic mass is 16.5. The molecule has 4 heteroatoms. The Morgan fingerprint density at radius 2 is 2.19 bits per heavy atom. The maximum atomic E-state index is 8.92. The van der Waals surface area contributed by atoms with Crippen LogP contribution in [0.5, 0.6) is 5.88 Å². The molecule has 0 saturated carbocycles. The summed E-state index contributed by atoms with van der Waals surface area (Å²) in [6.45, 7) is 3.98. The third-order valence-corrected chi connectivity index (χ3v) is 2.10. The summed E-state index contributed by atoms with van der Waals surface area (Å²) >= 11 is 0. The van der Waals surface area contributed by atoms with Crippen molar-refractivity contribution in [2.75, 3.05) is 19.8 Å². The molecule has 1 N–H and O–H groups in total. The number of hydrogen-bond donors (Lipinski definition) is 1. The Hall–Kier alpha value is -1.13. The van der Waals surface area contributed by atoms with E-state index in [4.69, 9.17) is 14.6 Å². The lowest BCUT2D eigenvalue weighted by Gasteiger charge is -2.06. The van der Waals surface area contributed by atoms with Crippen molar-refractivity contribution in [2.24, 2.45) is 0 Å². The molecule has 4 nitrogen and oxygen atoms in total. The van der Waals surface area contributed by atoms with Gasteiger partial charge in [0.15, 0.2) is 0 Å². The zero-order chi connectivity index (χ0) is 11.6. The lowest BCUT2D eigenvalue weighted by atomic mass is 10.3. The van der Waals surface area contributed by atoms with Crippen LogP contribution in [0.15, 0.2) is 18.3 Å². The molecule has 0 aliphatic carbocycles. The van der Waals surface area contributed by atoms with Crippen LogP contribution in [0.4, 0.5) is 0 Å². The first-order chi connectivity index (χ1) is 7.86. The van der Waals surface area contributed by atoms with Gasteiger partial charge in [-0.15, -0.1) is 0 Å². The van der Waals surface area contributed by atoms with E-state index in [1.807, 2.05) is 0 Å². The van der Waals surface area contributed by atoms with E-state index < -0.39 is 0 Å². The predicted octanol–water partition coefficient (Wildman–Crippen LogP) is 1.77. The number of pyridine rings is 1. The SMILES string of the molecule is CCCCOCCOc1cc(CO)ccn1. The molecular formula is C12H19NO3. The van der Waals surface area contributed by atoms with Gasteiger partial charge >= 0.3 is 0 Å². The Labute approximate surface area is 96.2 Å². The summed E-state index contributed by atoms with van der Waals surface area (Å²) < 4.78 is 10.7. The Kier molecular flexibility index (Phi) is 6.53. The number of ether oxygens (including phenoxy) is 2. The third-order valence-electron chi connectivity index (χ3n) is 2.10. The molecule has 90 valence electrons. The fourth-order valence-electron chi connectivity index (χ4n) is 1.18. The van der Waals surface area contributed by atoms with Crippen molar-refractivity contribution in [3.63, 3.8) is 0 Å². The zero-order valence-electron chi connectivity index (χ0n) is 9.69. The number of rotatable bonds is 8. The minimum Gasteiger partial charge on any atom is -0.475 e. The standard InChI is InChI=1S/C12H19NO3/c1-2-3-6-15-7-8-16-12-9-11(10-14)4-5-13-12/h4-5,9,14H,2-3,6-8,10H2,1H3. The number of aromatic nitrogens is 1. The summed E-state index contributed by atoms with van der Waals surface area (Å²) in [5, 5.41) is 8.92. The van der Waals surface area contributed by atoms with E-state index in [0.29, 0.717) is 19.1 Å². The minimum atomic E-state index is 0.00583. The van der Waals surface area contributed by atoms with Gasteiger partial charge in [-0.3, -0.25) is 0 Å². The van der Waals surface area contributed by atoms with Gasteiger partial charge in [0.1, 0.15) is 6.61 Å². The van der Waals surface area contributed by atoms with E-state index in [-0.39, 0.29) is 6.61 Å². The molecule has 1 aromatic rings. The molecule has 0 spiro atoms. The molecule has 0 radical (unpaired) electrons. The minimum absolute atomic E-state index is 0.00583. The summed E-state index contributed by atoms with van der Waals surface area (Å²) in [4.78, 5) is 4.03. The zero-order valence-corrected chi connectivity index (χ0v) is 9.69. The lowest BCUT2D eigenvalue weighted by molar-refractivity contribution is 0.0964. The van der Waals surface area contributed by atoms with Crippen LogP contribution in [0.3, 0.4) is 0 Å². The second-order valence-corrected chi connectivity index (χ2v) is 3.47. The van der Waals surface area contributed by atoms with Crippen LogP contribution in [0.25, 0.3) is 0 Å². The second kappa shape index (κ2) is 8.07. The van der Waals surface area contributed by atoms with Crippen molar-refractivity contribution >= 4 is 0 Å². The number of hydrogen-bond acceptors (Lipinski definition) is 4. The van der Waals surface area contributed by atoms with Gasteiger partial charge in [-0.25, -0.2) is 4.98 Å². The van der Waals surface area contributed by atoms with Crippen molar-refractivity contribution in [2.45, 2.75) is 26.4 Å². The first-order valence-electron chi connectivity index (χ1n) is 5.63. The Morgan fingerprint density at radius 3 is 2.94 bits per heavy atom.